The van der Waals surface area contributed by atoms with E-state index in [-0.39, 0.29) is 11.1 Å². The standard InChI is InChI=1S/C10H7N3O3S/c14-8(12-10-13-11-5-17-10)6-2-1-3-7(4-6)9(15)16/h1-5H,(H,15,16)(H,12,13,14). The Morgan fingerprint density at radius 2 is 2.06 bits per heavy atom. The number of hydrogen-bond donors (Lipinski definition) is 2. The highest BCUT2D eigenvalue weighted by atomic mass is 32.1. The van der Waals surface area contributed by atoms with E-state index in [0.717, 1.165) is 0 Å². The van der Waals surface area contributed by atoms with Gasteiger partial charge in [-0.25, -0.2) is 4.79 Å². The summed E-state index contributed by atoms with van der Waals surface area (Å²) in [4.78, 5) is 22.5. The first-order valence-electron chi connectivity index (χ1n) is 4.57. The molecule has 86 valence electrons. The Hall–Kier alpha value is -2.28. The van der Waals surface area contributed by atoms with Gasteiger partial charge in [-0.1, -0.05) is 17.4 Å². The van der Waals surface area contributed by atoms with Crippen LogP contribution in [0.3, 0.4) is 0 Å². The molecule has 2 rings (SSSR count). The smallest absolute Gasteiger partial charge is 0.335 e. The van der Waals surface area contributed by atoms with Crippen LogP contribution in [0.1, 0.15) is 20.7 Å². The number of benzene rings is 1. The fourth-order valence-electron chi connectivity index (χ4n) is 1.19. The largest absolute Gasteiger partial charge is 0.478 e. The molecule has 0 aliphatic heterocycles. The summed E-state index contributed by atoms with van der Waals surface area (Å²) in [7, 11) is 0. The third kappa shape index (κ3) is 2.64. The number of amides is 1. The van der Waals surface area contributed by atoms with Gasteiger partial charge in [0.05, 0.1) is 5.56 Å². The topological polar surface area (TPSA) is 92.2 Å². The molecule has 0 saturated heterocycles. The lowest BCUT2D eigenvalue weighted by atomic mass is 10.1. The predicted octanol–water partition coefficient (Wildman–Crippen LogP) is 1.49. The van der Waals surface area contributed by atoms with E-state index in [1.165, 1.54) is 41.1 Å². The minimum Gasteiger partial charge on any atom is -0.478 e. The average molecular weight is 249 g/mol. The number of anilines is 1. The lowest BCUT2D eigenvalue weighted by Gasteiger charge is -2.01. The van der Waals surface area contributed by atoms with Crippen molar-refractivity contribution >= 4 is 28.3 Å². The summed E-state index contributed by atoms with van der Waals surface area (Å²) in [6.45, 7) is 0. The molecule has 0 saturated carbocycles. The predicted molar refractivity (Wildman–Crippen MR) is 61.3 cm³/mol. The van der Waals surface area contributed by atoms with Crippen molar-refractivity contribution in [3.8, 4) is 0 Å². The van der Waals surface area contributed by atoms with Gasteiger partial charge in [-0.15, -0.1) is 10.2 Å². The molecule has 0 radical (unpaired) electrons. The van der Waals surface area contributed by atoms with Gasteiger partial charge in [-0.3, -0.25) is 10.1 Å². The van der Waals surface area contributed by atoms with E-state index in [2.05, 4.69) is 15.5 Å². The van der Waals surface area contributed by atoms with Crippen LogP contribution in [0.5, 0.6) is 0 Å². The second-order valence-electron chi connectivity index (χ2n) is 3.08. The number of carbonyl (C=O) groups excluding carboxylic acids is 1. The highest BCUT2D eigenvalue weighted by molar-refractivity contribution is 7.13. The van der Waals surface area contributed by atoms with Crippen LogP contribution >= 0.6 is 11.3 Å². The number of hydrogen-bond acceptors (Lipinski definition) is 5. The minimum atomic E-state index is -1.07. The number of nitrogens with one attached hydrogen (secondary N) is 1. The zero-order valence-corrected chi connectivity index (χ0v) is 9.27. The van der Waals surface area contributed by atoms with Crippen LogP contribution in [-0.2, 0) is 0 Å². The number of aromatic carboxylic acids is 1. The van der Waals surface area contributed by atoms with Crippen molar-refractivity contribution in [2.75, 3.05) is 5.32 Å². The van der Waals surface area contributed by atoms with Crippen LogP contribution < -0.4 is 5.32 Å². The number of carboxylic acid groups (broad SMARTS) is 1. The summed E-state index contributed by atoms with van der Waals surface area (Å²) < 4.78 is 0. The number of nitrogens with zero attached hydrogens (tertiary/aromatic N) is 2. The highest BCUT2D eigenvalue weighted by Gasteiger charge is 2.10. The first-order chi connectivity index (χ1) is 8.16. The molecule has 1 aromatic carbocycles. The number of carboxylic acids is 1. The quantitative estimate of drug-likeness (QED) is 0.859. The Bertz CT molecular complexity index is 554. The van der Waals surface area contributed by atoms with Crippen LogP contribution in [0.4, 0.5) is 5.13 Å². The van der Waals surface area contributed by atoms with E-state index >= 15 is 0 Å². The second-order valence-corrected chi connectivity index (χ2v) is 3.92. The van der Waals surface area contributed by atoms with E-state index < -0.39 is 11.9 Å². The molecule has 1 amide bonds. The third-order valence-electron chi connectivity index (χ3n) is 1.95. The number of aromatic nitrogens is 2. The van der Waals surface area contributed by atoms with Crippen LogP contribution in [0.15, 0.2) is 29.8 Å². The molecule has 2 aromatic rings. The molecular weight excluding hydrogens is 242 g/mol. The molecule has 0 atom stereocenters. The van der Waals surface area contributed by atoms with E-state index in [1.54, 1.807) is 0 Å². The molecule has 1 aromatic heterocycles. The highest BCUT2D eigenvalue weighted by Crippen LogP contribution is 2.11. The molecule has 0 fully saturated rings. The van der Waals surface area contributed by atoms with Crippen LogP contribution in [0.25, 0.3) is 0 Å². The summed E-state index contributed by atoms with van der Waals surface area (Å²) >= 11 is 1.19. The molecule has 0 bridgehead atoms. The summed E-state index contributed by atoms with van der Waals surface area (Å²) in [5.74, 6) is -1.49. The molecule has 2 N–H and O–H groups in total. The molecule has 7 heteroatoms. The fourth-order valence-corrected chi connectivity index (χ4v) is 1.63. The molecule has 17 heavy (non-hydrogen) atoms. The van der Waals surface area contributed by atoms with E-state index in [4.69, 9.17) is 5.11 Å². The maximum Gasteiger partial charge on any atom is 0.335 e. The molecule has 0 spiro atoms. The van der Waals surface area contributed by atoms with Crippen molar-refractivity contribution in [2.24, 2.45) is 0 Å². The van der Waals surface area contributed by atoms with Crippen molar-refractivity contribution in [3.63, 3.8) is 0 Å². The van der Waals surface area contributed by atoms with Gasteiger partial charge in [0.2, 0.25) is 5.13 Å². The van der Waals surface area contributed by atoms with Gasteiger partial charge in [-0.05, 0) is 18.2 Å². The van der Waals surface area contributed by atoms with E-state index in [1.807, 2.05) is 0 Å². The van der Waals surface area contributed by atoms with Crippen molar-refractivity contribution in [1.82, 2.24) is 10.2 Å². The van der Waals surface area contributed by atoms with Gasteiger partial charge >= 0.3 is 5.97 Å². The maximum absolute atomic E-state index is 11.7. The van der Waals surface area contributed by atoms with Crippen LogP contribution in [0, 0.1) is 0 Å². The summed E-state index contributed by atoms with van der Waals surface area (Å²) in [5, 5.41) is 18.9. The molecule has 0 aliphatic rings. The third-order valence-corrected chi connectivity index (χ3v) is 2.56. The summed E-state index contributed by atoms with van der Waals surface area (Å²) in [6, 6.07) is 5.77. The molecule has 6 nitrogen and oxygen atoms in total. The maximum atomic E-state index is 11.7. The Labute approximate surface area is 99.9 Å². The van der Waals surface area contributed by atoms with Crippen molar-refractivity contribution in [2.45, 2.75) is 0 Å². The van der Waals surface area contributed by atoms with Gasteiger partial charge in [0.1, 0.15) is 5.51 Å². The Balaban J connectivity index is 2.19. The molecule has 0 aliphatic carbocycles. The number of rotatable bonds is 3. The van der Waals surface area contributed by atoms with Crippen molar-refractivity contribution in [3.05, 3.63) is 40.9 Å². The van der Waals surface area contributed by atoms with Gasteiger partial charge in [0.25, 0.3) is 5.91 Å². The van der Waals surface area contributed by atoms with Gasteiger partial charge in [0.15, 0.2) is 0 Å². The van der Waals surface area contributed by atoms with Gasteiger partial charge in [0, 0.05) is 5.56 Å². The van der Waals surface area contributed by atoms with Crippen molar-refractivity contribution < 1.29 is 14.7 Å². The zero-order chi connectivity index (χ0) is 12.3. The number of carbonyl (C=O) groups is 2. The average Bonchev–Trinajstić information content (AvgIpc) is 2.82. The Morgan fingerprint density at radius 3 is 2.71 bits per heavy atom. The first-order valence-corrected chi connectivity index (χ1v) is 5.45. The molecule has 0 unspecified atom stereocenters. The van der Waals surface area contributed by atoms with E-state index in [0.29, 0.717) is 5.13 Å². The Kier molecular flexibility index (Phi) is 3.10. The van der Waals surface area contributed by atoms with E-state index in [9.17, 15) is 9.59 Å². The summed E-state index contributed by atoms with van der Waals surface area (Å²) in [5.41, 5.74) is 1.82. The molecular formula is C10H7N3O3S. The lowest BCUT2D eigenvalue weighted by Crippen LogP contribution is -2.12. The molecule has 1 heterocycles. The fraction of sp³-hybridized carbons (Fsp3) is 0. The SMILES string of the molecule is O=C(O)c1cccc(C(=O)Nc2nncs2)c1. The summed E-state index contributed by atoms with van der Waals surface area (Å²) in [6.07, 6.45) is 0. The second kappa shape index (κ2) is 4.71. The van der Waals surface area contributed by atoms with Crippen LogP contribution in [-0.4, -0.2) is 27.2 Å². The monoisotopic (exact) mass is 249 g/mol. The minimum absolute atomic E-state index is 0.0647. The van der Waals surface area contributed by atoms with Gasteiger partial charge < -0.3 is 5.11 Å². The van der Waals surface area contributed by atoms with Crippen molar-refractivity contribution in [1.29, 1.82) is 0 Å². The van der Waals surface area contributed by atoms with Crippen LogP contribution in [0.2, 0.25) is 0 Å². The zero-order valence-electron chi connectivity index (χ0n) is 8.45. The first kappa shape index (κ1) is 11.2. The van der Waals surface area contributed by atoms with Gasteiger partial charge in [-0.2, -0.15) is 0 Å². The normalized spacial score (nSPS) is 9.88. The lowest BCUT2D eigenvalue weighted by molar-refractivity contribution is 0.0697. The Morgan fingerprint density at radius 1 is 1.29 bits per heavy atom.